The predicted octanol–water partition coefficient (Wildman–Crippen LogP) is 2.63. The van der Waals surface area contributed by atoms with Gasteiger partial charge in [-0.1, -0.05) is 0 Å². The molecule has 166 valence electrons. The van der Waals surface area contributed by atoms with E-state index >= 15 is 0 Å². The number of aromatic nitrogens is 2. The number of likely N-dealkylation sites (tertiary alicyclic amines) is 1. The summed E-state index contributed by atoms with van der Waals surface area (Å²) in [5.41, 5.74) is 5.61. The second-order valence-corrected chi connectivity index (χ2v) is 7.24. The number of carbonyl (C=O) groups is 1. The molecule has 2 aromatic rings. The number of nitrogens with two attached hydrogens (primary N) is 2. The Morgan fingerprint density at radius 1 is 1.32 bits per heavy atom. The molecule has 31 heavy (non-hydrogen) atoms. The van der Waals surface area contributed by atoms with E-state index in [9.17, 15) is 18.0 Å². The minimum absolute atomic E-state index is 0.151. The molecule has 3 heterocycles. The van der Waals surface area contributed by atoms with E-state index in [4.69, 9.17) is 11.6 Å². The maximum Gasteiger partial charge on any atom is 0.417 e. The van der Waals surface area contributed by atoms with Crippen LogP contribution in [-0.4, -0.2) is 39.9 Å². The minimum atomic E-state index is -4.44. The highest BCUT2D eigenvalue weighted by Crippen LogP contribution is 2.29. The molecule has 8 nitrogen and oxygen atoms in total. The summed E-state index contributed by atoms with van der Waals surface area (Å²) in [5, 5.41) is 4.30. The van der Waals surface area contributed by atoms with E-state index in [1.807, 2.05) is 0 Å². The third-order valence-corrected chi connectivity index (χ3v) is 4.89. The fourth-order valence-corrected chi connectivity index (χ4v) is 3.38. The molecule has 2 aromatic heterocycles. The van der Waals surface area contributed by atoms with Crippen LogP contribution in [0, 0.1) is 6.92 Å². The zero-order chi connectivity index (χ0) is 22.6. The number of hydrogen-bond donors (Lipinski definition) is 3. The normalized spacial score (nSPS) is 17.1. The Bertz CT molecular complexity index is 947. The van der Waals surface area contributed by atoms with Crippen LogP contribution >= 0.6 is 0 Å². The molecule has 0 saturated carbocycles. The standard InChI is InChI=1S/C20H24F3N7O/c1-13-4-6-16(18(27-13)30(25)10-8-24)19(31)29-9-2-3-15(12-29)28-17-7-5-14(11-26-17)20(21,22)23/h4-8,10-11,15H,2-3,9,12,24-25H2,1H3,(H,26,28)/b10-8-. The maximum absolute atomic E-state index is 13.2. The van der Waals surface area contributed by atoms with Crippen LogP contribution < -0.4 is 21.9 Å². The third-order valence-electron chi connectivity index (χ3n) is 4.89. The smallest absolute Gasteiger partial charge is 0.403 e. The predicted molar refractivity (Wildman–Crippen MR) is 111 cm³/mol. The molecule has 0 spiro atoms. The highest BCUT2D eigenvalue weighted by Gasteiger charge is 2.31. The number of nitrogens with one attached hydrogen (secondary N) is 1. The lowest BCUT2D eigenvalue weighted by atomic mass is 10.0. The zero-order valence-corrected chi connectivity index (χ0v) is 16.9. The van der Waals surface area contributed by atoms with Gasteiger partial charge in [0.05, 0.1) is 11.1 Å². The lowest BCUT2D eigenvalue weighted by molar-refractivity contribution is -0.137. The summed E-state index contributed by atoms with van der Waals surface area (Å²) < 4.78 is 38.1. The summed E-state index contributed by atoms with van der Waals surface area (Å²) in [6.07, 6.45) is 0.484. The van der Waals surface area contributed by atoms with Gasteiger partial charge in [0.1, 0.15) is 5.82 Å². The summed E-state index contributed by atoms with van der Waals surface area (Å²) >= 11 is 0. The van der Waals surface area contributed by atoms with Crippen LogP contribution in [0.1, 0.15) is 34.5 Å². The number of pyridine rings is 2. The van der Waals surface area contributed by atoms with Crippen LogP contribution in [0.15, 0.2) is 42.9 Å². The molecule has 1 saturated heterocycles. The molecule has 5 N–H and O–H groups in total. The number of piperidine rings is 1. The first-order valence-electron chi connectivity index (χ1n) is 9.68. The van der Waals surface area contributed by atoms with Gasteiger partial charge in [-0.25, -0.2) is 15.8 Å². The van der Waals surface area contributed by atoms with Crippen LogP contribution in [0.5, 0.6) is 0 Å². The van der Waals surface area contributed by atoms with E-state index in [0.717, 1.165) is 25.1 Å². The van der Waals surface area contributed by atoms with Gasteiger partial charge in [0.25, 0.3) is 5.91 Å². The third kappa shape index (κ3) is 5.43. The van der Waals surface area contributed by atoms with Crippen molar-refractivity contribution >= 4 is 17.5 Å². The van der Waals surface area contributed by atoms with Gasteiger partial charge < -0.3 is 16.0 Å². The number of aryl methyl sites for hydroxylation is 1. The van der Waals surface area contributed by atoms with Gasteiger partial charge in [-0.15, -0.1) is 0 Å². The van der Waals surface area contributed by atoms with Crippen LogP contribution in [-0.2, 0) is 6.18 Å². The van der Waals surface area contributed by atoms with Gasteiger partial charge >= 0.3 is 6.18 Å². The monoisotopic (exact) mass is 435 g/mol. The van der Waals surface area contributed by atoms with Gasteiger partial charge in [0.15, 0.2) is 5.82 Å². The molecule has 1 unspecified atom stereocenters. The number of anilines is 2. The Morgan fingerprint density at radius 3 is 2.74 bits per heavy atom. The molecule has 1 aliphatic rings. The first kappa shape index (κ1) is 22.3. The Kier molecular flexibility index (Phi) is 6.64. The lowest BCUT2D eigenvalue weighted by Crippen LogP contribution is -2.45. The molecule has 1 amide bonds. The van der Waals surface area contributed by atoms with E-state index in [-0.39, 0.29) is 17.8 Å². The fraction of sp³-hybridized carbons (Fsp3) is 0.350. The number of hydrazine groups is 1. The van der Waals surface area contributed by atoms with Gasteiger partial charge in [0.2, 0.25) is 0 Å². The van der Waals surface area contributed by atoms with Crippen molar-refractivity contribution in [3.8, 4) is 0 Å². The van der Waals surface area contributed by atoms with E-state index in [1.165, 1.54) is 23.5 Å². The molecule has 11 heteroatoms. The van der Waals surface area contributed by atoms with Gasteiger partial charge in [-0.05, 0) is 44.0 Å². The Hall–Kier alpha value is -3.34. The number of rotatable bonds is 5. The molecule has 0 radical (unpaired) electrons. The lowest BCUT2D eigenvalue weighted by Gasteiger charge is -2.34. The van der Waals surface area contributed by atoms with E-state index in [2.05, 4.69) is 15.3 Å². The second-order valence-electron chi connectivity index (χ2n) is 7.24. The Morgan fingerprint density at radius 2 is 2.10 bits per heavy atom. The first-order chi connectivity index (χ1) is 14.7. The molecule has 1 fully saturated rings. The number of carbonyl (C=O) groups excluding carboxylic acids is 1. The van der Waals surface area contributed by atoms with E-state index < -0.39 is 11.7 Å². The van der Waals surface area contributed by atoms with Crippen LogP contribution in [0.4, 0.5) is 24.8 Å². The first-order valence-corrected chi connectivity index (χ1v) is 9.68. The largest absolute Gasteiger partial charge is 0.417 e. The van der Waals surface area contributed by atoms with Gasteiger partial charge in [0, 0.05) is 43.4 Å². The molecule has 0 bridgehead atoms. The van der Waals surface area contributed by atoms with E-state index in [0.29, 0.717) is 30.2 Å². The maximum atomic E-state index is 13.2. The number of halogens is 3. The highest BCUT2D eigenvalue weighted by atomic mass is 19.4. The SMILES string of the molecule is Cc1ccc(C(=O)N2CCCC(Nc3ccc(C(F)(F)F)cn3)C2)c(N(N)/C=C\N)n1. The highest BCUT2D eigenvalue weighted by molar-refractivity contribution is 5.99. The van der Waals surface area contributed by atoms with Crippen LogP contribution in [0.2, 0.25) is 0 Å². The van der Waals surface area contributed by atoms with Crippen molar-refractivity contribution in [3.05, 3.63) is 59.7 Å². The number of hydrogen-bond acceptors (Lipinski definition) is 7. The average molecular weight is 435 g/mol. The van der Waals surface area contributed by atoms with Crippen molar-refractivity contribution < 1.29 is 18.0 Å². The summed E-state index contributed by atoms with van der Waals surface area (Å²) in [4.78, 5) is 23.0. The van der Waals surface area contributed by atoms with Crippen molar-refractivity contribution in [2.45, 2.75) is 32.0 Å². The fourth-order valence-electron chi connectivity index (χ4n) is 3.38. The minimum Gasteiger partial charge on any atom is -0.403 e. The number of nitrogens with zero attached hydrogens (tertiary/aromatic N) is 4. The van der Waals surface area contributed by atoms with Crippen molar-refractivity contribution in [3.63, 3.8) is 0 Å². The molecular weight excluding hydrogens is 411 g/mol. The second kappa shape index (κ2) is 9.21. The van der Waals surface area contributed by atoms with Crippen molar-refractivity contribution in [2.24, 2.45) is 11.6 Å². The molecule has 3 rings (SSSR count). The molecule has 1 atom stereocenters. The topological polar surface area (TPSA) is 113 Å². The Balaban J connectivity index is 1.73. The summed E-state index contributed by atoms with van der Waals surface area (Å²) in [6.45, 7) is 2.70. The number of amides is 1. The quantitative estimate of drug-likeness (QED) is 0.489. The summed E-state index contributed by atoms with van der Waals surface area (Å²) in [6, 6.07) is 5.51. The molecular formula is C20H24F3N7O. The average Bonchev–Trinajstić information content (AvgIpc) is 2.73. The zero-order valence-electron chi connectivity index (χ0n) is 16.9. The Labute approximate surface area is 177 Å². The van der Waals surface area contributed by atoms with Crippen molar-refractivity contribution in [2.75, 3.05) is 23.4 Å². The number of alkyl halides is 3. The molecule has 0 aliphatic carbocycles. The van der Waals surface area contributed by atoms with Gasteiger partial charge in [-0.3, -0.25) is 9.80 Å². The van der Waals surface area contributed by atoms with Crippen LogP contribution in [0.25, 0.3) is 0 Å². The van der Waals surface area contributed by atoms with Crippen molar-refractivity contribution in [1.82, 2.24) is 14.9 Å². The molecule has 1 aliphatic heterocycles. The van der Waals surface area contributed by atoms with Crippen LogP contribution in [0.3, 0.4) is 0 Å². The van der Waals surface area contributed by atoms with E-state index in [1.54, 1.807) is 24.0 Å². The summed E-state index contributed by atoms with van der Waals surface area (Å²) in [5.74, 6) is 6.32. The van der Waals surface area contributed by atoms with Crippen molar-refractivity contribution in [1.29, 1.82) is 0 Å². The summed E-state index contributed by atoms with van der Waals surface area (Å²) in [7, 11) is 0. The molecule has 0 aromatic carbocycles. The van der Waals surface area contributed by atoms with Gasteiger partial charge in [-0.2, -0.15) is 13.2 Å².